The molecule has 0 amide bonds. The van der Waals surface area contributed by atoms with Crippen LogP contribution in [-0.4, -0.2) is 21.9 Å². The predicted octanol–water partition coefficient (Wildman–Crippen LogP) is 5.46. The average molecular weight is 405 g/mol. The van der Waals surface area contributed by atoms with Crippen LogP contribution in [0.5, 0.6) is 5.75 Å². The van der Waals surface area contributed by atoms with Crippen LogP contribution in [0.4, 0.5) is 13.2 Å². The lowest BCUT2D eigenvalue weighted by Crippen LogP contribution is -2.08. The van der Waals surface area contributed by atoms with Crippen molar-refractivity contribution in [3.63, 3.8) is 0 Å². The molecule has 1 saturated carbocycles. The van der Waals surface area contributed by atoms with Crippen LogP contribution >= 0.6 is 11.8 Å². The summed E-state index contributed by atoms with van der Waals surface area (Å²) < 4.78 is 46.9. The molecule has 0 bridgehead atoms. The van der Waals surface area contributed by atoms with Crippen LogP contribution < -0.4 is 4.74 Å². The zero-order valence-electron chi connectivity index (χ0n) is 15.1. The summed E-state index contributed by atoms with van der Waals surface area (Å²) in [4.78, 5) is 0. The fourth-order valence-corrected chi connectivity index (χ4v) is 3.98. The van der Waals surface area contributed by atoms with Crippen LogP contribution in [0.1, 0.15) is 35.7 Å². The van der Waals surface area contributed by atoms with Crippen molar-refractivity contribution in [2.45, 2.75) is 35.8 Å². The van der Waals surface area contributed by atoms with E-state index in [0.717, 1.165) is 36.2 Å². The van der Waals surface area contributed by atoms with Gasteiger partial charge in [-0.2, -0.15) is 13.2 Å². The molecule has 0 spiro atoms. The fraction of sp³-hybridized carbons (Fsp3) is 0.300. The normalized spacial score (nSPS) is 14.3. The van der Waals surface area contributed by atoms with Gasteiger partial charge in [-0.05, 0) is 48.7 Å². The second kappa shape index (κ2) is 7.50. The van der Waals surface area contributed by atoms with Crippen LogP contribution in [-0.2, 0) is 11.9 Å². The first-order valence-corrected chi connectivity index (χ1v) is 9.83. The van der Waals surface area contributed by atoms with Crippen molar-refractivity contribution in [1.82, 2.24) is 14.8 Å². The van der Waals surface area contributed by atoms with Gasteiger partial charge in [0.1, 0.15) is 11.6 Å². The van der Waals surface area contributed by atoms with Crippen LogP contribution in [0.15, 0.2) is 53.7 Å². The van der Waals surface area contributed by atoms with Gasteiger partial charge in [0.05, 0.1) is 12.7 Å². The molecule has 2 aromatic carbocycles. The van der Waals surface area contributed by atoms with Crippen molar-refractivity contribution in [1.29, 1.82) is 0 Å². The third-order valence-corrected chi connectivity index (χ3v) is 5.59. The molecule has 0 N–H and O–H groups in total. The van der Waals surface area contributed by atoms with Gasteiger partial charge in [0, 0.05) is 17.4 Å². The minimum atomic E-state index is -4.38. The van der Waals surface area contributed by atoms with Gasteiger partial charge in [-0.3, -0.25) is 4.57 Å². The molecule has 28 heavy (non-hydrogen) atoms. The standard InChI is InChI=1S/C20H18F3N3OS/c1-27-16-10-8-15(9-11-16)26-18(13-6-7-13)24-25-19(26)28-12-14-4-2-3-5-17(14)20(21,22)23/h2-5,8-11,13H,6-7,12H2,1H3. The molecule has 0 aliphatic heterocycles. The van der Waals surface area contributed by atoms with Gasteiger partial charge in [0.25, 0.3) is 0 Å². The Morgan fingerprint density at radius 1 is 1.07 bits per heavy atom. The summed E-state index contributed by atoms with van der Waals surface area (Å²) in [6, 6.07) is 13.1. The Kier molecular flexibility index (Phi) is 5.05. The number of hydrogen-bond acceptors (Lipinski definition) is 4. The Morgan fingerprint density at radius 2 is 1.79 bits per heavy atom. The SMILES string of the molecule is COc1ccc(-n2c(SCc3ccccc3C(F)(F)F)nnc2C2CC2)cc1. The van der Waals surface area contributed by atoms with Crippen molar-refractivity contribution in [3.05, 3.63) is 65.5 Å². The number of methoxy groups -OCH3 is 1. The molecule has 0 unspecified atom stereocenters. The van der Waals surface area contributed by atoms with E-state index in [1.54, 1.807) is 13.2 Å². The van der Waals surface area contributed by atoms with E-state index in [1.807, 2.05) is 28.8 Å². The Bertz CT molecular complexity index is 966. The Labute approximate surface area is 164 Å². The highest BCUT2D eigenvalue weighted by Crippen LogP contribution is 2.42. The number of aromatic nitrogens is 3. The number of hydrogen-bond donors (Lipinski definition) is 0. The smallest absolute Gasteiger partial charge is 0.416 e. The summed E-state index contributed by atoms with van der Waals surface area (Å²) in [7, 11) is 1.60. The van der Waals surface area contributed by atoms with Gasteiger partial charge in [-0.1, -0.05) is 30.0 Å². The first-order chi connectivity index (χ1) is 13.5. The first-order valence-electron chi connectivity index (χ1n) is 8.85. The van der Waals surface area contributed by atoms with Crippen molar-refractivity contribution < 1.29 is 17.9 Å². The Balaban J connectivity index is 1.64. The van der Waals surface area contributed by atoms with Gasteiger partial charge >= 0.3 is 6.18 Å². The van der Waals surface area contributed by atoms with E-state index < -0.39 is 11.7 Å². The maximum atomic E-state index is 13.3. The van der Waals surface area contributed by atoms with E-state index in [-0.39, 0.29) is 11.3 Å². The molecule has 1 fully saturated rings. The van der Waals surface area contributed by atoms with Gasteiger partial charge < -0.3 is 4.74 Å². The fourth-order valence-electron chi connectivity index (χ4n) is 3.02. The summed E-state index contributed by atoms with van der Waals surface area (Å²) in [6.07, 6.45) is -2.27. The molecule has 4 rings (SSSR count). The molecule has 0 radical (unpaired) electrons. The molecule has 0 atom stereocenters. The van der Waals surface area contributed by atoms with E-state index in [0.29, 0.717) is 11.1 Å². The van der Waals surface area contributed by atoms with Crippen LogP contribution in [0.25, 0.3) is 5.69 Å². The minimum Gasteiger partial charge on any atom is -0.497 e. The lowest BCUT2D eigenvalue weighted by atomic mass is 10.1. The highest BCUT2D eigenvalue weighted by atomic mass is 32.2. The highest BCUT2D eigenvalue weighted by molar-refractivity contribution is 7.98. The van der Waals surface area contributed by atoms with E-state index in [4.69, 9.17) is 4.74 Å². The van der Waals surface area contributed by atoms with E-state index in [9.17, 15) is 13.2 Å². The van der Waals surface area contributed by atoms with Crippen molar-refractivity contribution in [3.8, 4) is 11.4 Å². The third kappa shape index (κ3) is 3.87. The lowest BCUT2D eigenvalue weighted by Gasteiger charge is -2.13. The third-order valence-electron chi connectivity index (χ3n) is 4.61. The summed E-state index contributed by atoms with van der Waals surface area (Å²) >= 11 is 1.26. The topological polar surface area (TPSA) is 39.9 Å². The van der Waals surface area contributed by atoms with Crippen molar-refractivity contribution in [2.75, 3.05) is 7.11 Å². The molecule has 146 valence electrons. The van der Waals surface area contributed by atoms with E-state index >= 15 is 0 Å². The van der Waals surface area contributed by atoms with Crippen LogP contribution in [0, 0.1) is 0 Å². The monoisotopic (exact) mass is 405 g/mol. The number of alkyl halides is 3. The average Bonchev–Trinajstić information content (AvgIpc) is 3.45. The van der Waals surface area contributed by atoms with Crippen LogP contribution in [0.3, 0.4) is 0 Å². The number of benzene rings is 2. The lowest BCUT2D eigenvalue weighted by molar-refractivity contribution is -0.138. The van der Waals surface area contributed by atoms with Gasteiger partial charge in [0.15, 0.2) is 5.16 Å². The van der Waals surface area contributed by atoms with Crippen molar-refractivity contribution >= 4 is 11.8 Å². The summed E-state index contributed by atoms with van der Waals surface area (Å²) in [5.74, 6) is 2.11. The Hall–Kier alpha value is -2.48. The highest BCUT2D eigenvalue weighted by Gasteiger charge is 2.34. The quantitative estimate of drug-likeness (QED) is 0.510. The van der Waals surface area contributed by atoms with E-state index in [1.165, 1.54) is 23.9 Å². The maximum absolute atomic E-state index is 13.3. The summed E-state index contributed by atoms with van der Waals surface area (Å²) in [5.41, 5.74) is 0.497. The minimum absolute atomic E-state index is 0.161. The molecule has 8 heteroatoms. The molecular formula is C20H18F3N3OS. The molecule has 1 heterocycles. The van der Waals surface area contributed by atoms with Gasteiger partial charge in [-0.25, -0.2) is 0 Å². The second-order valence-electron chi connectivity index (χ2n) is 6.59. The molecular weight excluding hydrogens is 387 g/mol. The largest absolute Gasteiger partial charge is 0.497 e. The first kappa shape index (κ1) is 18.9. The second-order valence-corrected chi connectivity index (χ2v) is 7.53. The molecule has 3 aromatic rings. The summed E-state index contributed by atoms with van der Waals surface area (Å²) in [5, 5.41) is 9.17. The van der Waals surface area contributed by atoms with Gasteiger partial charge in [-0.15, -0.1) is 10.2 Å². The van der Waals surface area contributed by atoms with E-state index in [2.05, 4.69) is 10.2 Å². The molecule has 4 nitrogen and oxygen atoms in total. The predicted molar refractivity (Wildman–Crippen MR) is 101 cm³/mol. The number of thioether (sulfide) groups is 1. The summed E-state index contributed by atoms with van der Waals surface area (Å²) in [6.45, 7) is 0. The molecule has 0 saturated heterocycles. The zero-order chi connectivity index (χ0) is 19.7. The zero-order valence-corrected chi connectivity index (χ0v) is 15.9. The number of ether oxygens (including phenoxy) is 1. The molecule has 1 aliphatic carbocycles. The number of nitrogens with zero attached hydrogens (tertiary/aromatic N) is 3. The van der Waals surface area contributed by atoms with Crippen LogP contribution in [0.2, 0.25) is 0 Å². The number of rotatable bonds is 6. The number of halogens is 3. The maximum Gasteiger partial charge on any atom is 0.416 e. The molecule has 1 aromatic heterocycles. The van der Waals surface area contributed by atoms with Crippen molar-refractivity contribution in [2.24, 2.45) is 0 Å². The van der Waals surface area contributed by atoms with Gasteiger partial charge in [0.2, 0.25) is 0 Å². The Morgan fingerprint density at radius 3 is 2.43 bits per heavy atom. The molecule has 1 aliphatic rings.